The second-order valence-corrected chi connectivity index (χ2v) is 7.51. The zero-order valence-electron chi connectivity index (χ0n) is 18.8. The van der Waals surface area contributed by atoms with Gasteiger partial charge in [0.15, 0.2) is 0 Å². The van der Waals surface area contributed by atoms with E-state index < -0.39 is 0 Å². The predicted molar refractivity (Wildman–Crippen MR) is 130 cm³/mol. The molecule has 3 aromatic rings. The highest BCUT2D eigenvalue weighted by atomic mass is 16.5. The first-order chi connectivity index (χ1) is 14.7. The highest BCUT2D eigenvalue weighted by Gasteiger charge is 2.17. The largest absolute Gasteiger partial charge is 0.488 e. The molecule has 0 aliphatic carbocycles. The minimum Gasteiger partial charge on any atom is -0.488 e. The quantitative estimate of drug-likeness (QED) is 0.254. The summed E-state index contributed by atoms with van der Waals surface area (Å²) in [5.74, 6) is 1.91. The van der Waals surface area contributed by atoms with Crippen LogP contribution in [-0.2, 0) is 12.8 Å². The van der Waals surface area contributed by atoms with Gasteiger partial charge in [-0.05, 0) is 48.9 Å². The van der Waals surface area contributed by atoms with Crippen molar-refractivity contribution in [2.24, 2.45) is 0 Å². The number of rotatable bonds is 10. The van der Waals surface area contributed by atoms with Crippen LogP contribution in [-0.4, -0.2) is 13.2 Å². The van der Waals surface area contributed by atoms with E-state index in [9.17, 15) is 0 Å². The molecule has 0 bridgehead atoms. The summed E-state index contributed by atoms with van der Waals surface area (Å²) >= 11 is 0. The fourth-order valence-corrected chi connectivity index (χ4v) is 3.73. The van der Waals surface area contributed by atoms with Crippen molar-refractivity contribution in [3.63, 3.8) is 0 Å². The maximum Gasteiger partial charge on any atom is 0.135 e. The Hall–Kier alpha value is -2.74. The van der Waals surface area contributed by atoms with Gasteiger partial charge in [-0.15, -0.1) is 0 Å². The molecule has 0 unspecified atom stereocenters. The maximum atomic E-state index is 6.38. The summed E-state index contributed by atoms with van der Waals surface area (Å²) in [5.41, 5.74) is 2.61. The molecule has 0 fully saturated rings. The Morgan fingerprint density at radius 2 is 1.00 bits per heavy atom. The van der Waals surface area contributed by atoms with Crippen molar-refractivity contribution in [1.82, 2.24) is 0 Å². The number of aryl methyl sites for hydroxylation is 2. The molecule has 0 saturated carbocycles. The molecule has 30 heavy (non-hydrogen) atoms. The van der Waals surface area contributed by atoms with Gasteiger partial charge in [0.05, 0.1) is 0 Å². The van der Waals surface area contributed by atoms with Gasteiger partial charge in [-0.1, -0.05) is 76.3 Å². The maximum absolute atomic E-state index is 6.38. The van der Waals surface area contributed by atoms with Crippen LogP contribution in [0.1, 0.15) is 51.7 Å². The number of allylic oxidation sites excluding steroid dienone is 2. The second kappa shape index (κ2) is 10.9. The summed E-state index contributed by atoms with van der Waals surface area (Å²) < 4.78 is 12.7. The Labute approximate surface area is 181 Å². The van der Waals surface area contributed by atoms with E-state index in [1.807, 2.05) is 0 Å². The molecular formula is C28H34O2. The third kappa shape index (κ3) is 4.87. The monoisotopic (exact) mass is 402 g/mol. The zero-order chi connectivity index (χ0) is 21.3. The summed E-state index contributed by atoms with van der Waals surface area (Å²) in [6.45, 7) is 9.80. The molecule has 2 nitrogen and oxygen atoms in total. The second-order valence-electron chi connectivity index (χ2n) is 7.51. The van der Waals surface area contributed by atoms with E-state index in [2.05, 4.69) is 88.4 Å². The molecule has 0 atom stereocenters. The SMILES string of the molecule is CC/C=C/COc1c2ccc(CC)cc2c(OC/C=C/CC)c2cc(CC)ccc12. The minimum atomic E-state index is 0.572. The number of fused-ring (bicyclic) bond motifs is 2. The lowest BCUT2D eigenvalue weighted by Gasteiger charge is -2.18. The lowest BCUT2D eigenvalue weighted by atomic mass is 9.96. The van der Waals surface area contributed by atoms with E-state index in [0.29, 0.717) is 13.2 Å². The molecule has 158 valence electrons. The molecule has 0 spiro atoms. The van der Waals surface area contributed by atoms with E-state index in [4.69, 9.17) is 9.47 Å². The van der Waals surface area contributed by atoms with Gasteiger partial charge in [0.1, 0.15) is 24.7 Å². The number of ether oxygens (including phenoxy) is 2. The fourth-order valence-electron chi connectivity index (χ4n) is 3.73. The normalized spacial score (nSPS) is 11.9. The lowest BCUT2D eigenvalue weighted by Crippen LogP contribution is -2.01. The first-order valence-electron chi connectivity index (χ1n) is 11.3. The van der Waals surface area contributed by atoms with Gasteiger partial charge in [0, 0.05) is 21.5 Å². The third-order valence-electron chi connectivity index (χ3n) is 5.42. The van der Waals surface area contributed by atoms with Crippen LogP contribution in [0.5, 0.6) is 11.5 Å². The summed E-state index contributed by atoms with van der Waals surface area (Å²) in [6.07, 6.45) is 12.5. The van der Waals surface area contributed by atoms with Gasteiger partial charge >= 0.3 is 0 Å². The van der Waals surface area contributed by atoms with Gasteiger partial charge in [-0.25, -0.2) is 0 Å². The average Bonchev–Trinajstić information content (AvgIpc) is 2.79. The smallest absolute Gasteiger partial charge is 0.135 e. The molecule has 0 N–H and O–H groups in total. The van der Waals surface area contributed by atoms with Gasteiger partial charge in [0.25, 0.3) is 0 Å². The summed E-state index contributed by atoms with van der Waals surface area (Å²) in [6, 6.07) is 13.3. The Kier molecular flexibility index (Phi) is 7.96. The van der Waals surface area contributed by atoms with Crippen LogP contribution < -0.4 is 9.47 Å². The predicted octanol–water partition coefficient (Wildman–Crippen LogP) is 7.81. The number of benzene rings is 3. The summed E-state index contributed by atoms with van der Waals surface area (Å²) in [5, 5.41) is 4.50. The van der Waals surface area contributed by atoms with Crippen molar-refractivity contribution >= 4 is 21.5 Å². The van der Waals surface area contributed by atoms with Gasteiger partial charge < -0.3 is 9.47 Å². The van der Waals surface area contributed by atoms with Crippen molar-refractivity contribution in [2.75, 3.05) is 13.2 Å². The minimum absolute atomic E-state index is 0.572. The van der Waals surface area contributed by atoms with Crippen LogP contribution in [0.4, 0.5) is 0 Å². The van der Waals surface area contributed by atoms with Crippen molar-refractivity contribution < 1.29 is 9.47 Å². The van der Waals surface area contributed by atoms with Crippen LogP contribution in [0.3, 0.4) is 0 Å². The molecule has 3 rings (SSSR count). The molecule has 2 heteroatoms. The highest BCUT2D eigenvalue weighted by molar-refractivity contribution is 6.11. The van der Waals surface area contributed by atoms with E-state index in [0.717, 1.165) is 58.7 Å². The van der Waals surface area contributed by atoms with E-state index >= 15 is 0 Å². The summed E-state index contributed by atoms with van der Waals surface area (Å²) in [4.78, 5) is 0. The van der Waals surface area contributed by atoms with Crippen LogP contribution in [0.2, 0.25) is 0 Å². The van der Waals surface area contributed by atoms with Crippen LogP contribution in [0.25, 0.3) is 21.5 Å². The molecule has 0 heterocycles. The van der Waals surface area contributed by atoms with Gasteiger partial charge in [0.2, 0.25) is 0 Å². The van der Waals surface area contributed by atoms with Crippen LogP contribution in [0, 0.1) is 0 Å². The molecule has 0 aliphatic heterocycles. The van der Waals surface area contributed by atoms with E-state index in [1.54, 1.807) is 0 Å². The molecule has 0 aromatic heterocycles. The molecule has 0 amide bonds. The Morgan fingerprint density at radius 3 is 1.40 bits per heavy atom. The van der Waals surface area contributed by atoms with Gasteiger partial charge in [-0.3, -0.25) is 0 Å². The topological polar surface area (TPSA) is 18.5 Å². The Morgan fingerprint density at radius 1 is 0.567 bits per heavy atom. The molecule has 0 aliphatic rings. The van der Waals surface area contributed by atoms with E-state index in [-0.39, 0.29) is 0 Å². The fraction of sp³-hybridized carbons (Fsp3) is 0.357. The van der Waals surface area contributed by atoms with E-state index in [1.165, 1.54) is 11.1 Å². The molecule has 0 radical (unpaired) electrons. The Bertz CT molecular complexity index is 979. The molecule has 0 saturated heterocycles. The van der Waals surface area contributed by atoms with Crippen molar-refractivity contribution in [3.05, 3.63) is 71.8 Å². The van der Waals surface area contributed by atoms with Crippen molar-refractivity contribution in [3.8, 4) is 11.5 Å². The third-order valence-corrected chi connectivity index (χ3v) is 5.42. The van der Waals surface area contributed by atoms with Crippen LogP contribution >= 0.6 is 0 Å². The highest BCUT2D eigenvalue weighted by Crippen LogP contribution is 2.43. The van der Waals surface area contributed by atoms with Gasteiger partial charge in [-0.2, -0.15) is 0 Å². The first-order valence-corrected chi connectivity index (χ1v) is 11.3. The standard InChI is InChI=1S/C28H34O2/c1-5-9-11-17-29-27-23-15-13-21(7-3)19-25(23)28(30-18-12-10-6-2)26-20-22(8-4)14-16-24(26)27/h9-16,19-20H,5-8,17-18H2,1-4H3/b11-9+,12-10+. The zero-order valence-corrected chi connectivity index (χ0v) is 18.8. The average molecular weight is 403 g/mol. The van der Waals surface area contributed by atoms with Crippen molar-refractivity contribution in [1.29, 1.82) is 0 Å². The Balaban J connectivity index is 2.24. The summed E-state index contributed by atoms with van der Waals surface area (Å²) in [7, 11) is 0. The number of hydrogen-bond acceptors (Lipinski definition) is 2. The lowest BCUT2D eigenvalue weighted by molar-refractivity contribution is 0.365. The van der Waals surface area contributed by atoms with Crippen LogP contribution in [0.15, 0.2) is 60.7 Å². The number of hydrogen-bond donors (Lipinski definition) is 0. The first kappa shape index (κ1) is 22.0. The molecule has 3 aromatic carbocycles. The van der Waals surface area contributed by atoms with Crippen molar-refractivity contribution in [2.45, 2.75) is 53.4 Å². The molecular weight excluding hydrogens is 368 g/mol.